The Labute approximate surface area is 255 Å². The zero-order valence-corrected chi connectivity index (χ0v) is 25.8. The molecular formula is C34H38F6O4. The highest BCUT2D eigenvalue weighted by atomic mass is 19.4. The quantitative estimate of drug-likeness (QED) is 0.0829. The number of rotatable bonds is 11. The molecule has 10 heteroatoms. The molecule has 0 atom stereocenters. The normalized spacial score (nSPS) is 12.2. The molecule has 0 aliphatic carbocycles. The molecule has 0 fully saturated rings. The van der Waals surface area contributed by atoms with E-state index < -0.39 is 30.2 Å². The maximum absolute atomic E-state index is 13.7. The Balaban J connectivity index is 2.43. The van der Waals surface area contributed by atoms with Crippen LogP contribution in [0.1, 0.15) is 85.8 Å². The third-order valence-corrected chi connectivity index (χ3v) is 7.71. The summed E-state index contributed by atoms with van der Waals surface area (Å²) in [4.78, 5) is 11.2. The van der Waals surface area contributed by atoms with Gasteiger partial charge in [-0.1, -0.05) is 55.9 Å². The van der Waals surface area contributed by atoms with Crippen molar-refractivity contribution in [1.82, 2.24) is 0 Å². The number of carbonyl (C=O) groups is 1. The first kappa shape index (κ1) is 36.7. The van der Waals surface area contributed by atoms with Crippen molar-refractivity contribution in [3.8, 4) is 23.7 Å². The first-order valence-corrected chi connectivity index (χ1v) is 14.2. The number of aryl methyl sites for hydroxylation is 2. The molecule has 0 aliphatic rings. The van der Waals surface area contributed by atoms with Crippen LogP contribution in [0.25, 0.3) is 0 Å². The van der Waals surface area contributed by atoms with Crippen molar-refractivity contribution in [2.75, 3.05) is 21.0 Å². The molecule has 0 unspecified atom stereocenters. The van der Waals surface area contributed by atoms with Crippen LogP contribution in [-0.4, -0.2) is 44.9 Å². The van der Waals surface area contributed by atoms with Crippen molar-refractivity contribution in [3.63, 3.8) is 0 Å². The molecule has 0 spiro atoms. The van der Waals surface area contributed by atoms with E-state index in [9.17, 15) is 31.1 Å². The van der Waals surface area contributed by atoms with Gasteiger partial charge in [-0.2, -0.15) is 26.3 Å². The summed E-state index contributed by atoms with van der Waals surface area (Å²) in [6.45, 7) is 6.36. The molecule has 0 saturated carbocycles. The molecule has 0 aromatic heterocycles. The highest BCUT2D eigenvalue weighted by Crippen LogP contribution is 2.46. The summed E-state index contributed by atoms with van der Waals surface area (Å²) < 4.78 is 95.2. The zero-order chi connectivity index (χ0) is 33.2. The number of carbonyl (C=O) groups excluding carboxylic acids is 1. The largest absolute Gasteiger partial charge is 0.469 e. The van der Waals surface area contributed by atoms with Crippen molar-refractivity contribution in [2.24, 2.45) is 0 Å². The van der Waals surface area contributed by atoms with E-state index in [-0.39, 0.29) is 11.5 Å². The van der Waals surface area contributed by atoms with Gasteiger partial charge in [0, 0.05) is 36.5 Å². The van der Waals surface area contributed by atoms with Crippen LogP contribution < -0.4 is 0 Å². The van der Waals surface area contributed by atoms with E-state index in [1.807, 2.05) is 32.9 Å². The number of ether oxygens (including phenoxy) is 3. The molecule has 2 rings (SSSR count). The van der Waals surface area contributed by atoms with Crippen LogP contribution in [-0.2, 0) is 24.4 Å². The predicted octanol–water partition coefficient (Wildman–Crippen LogP) is 8.33. The highest BCUT2D eigenvalue weighted by Gasteiger charge is 2.72. The second kappa shape index (κ2) is 15.5. The van der Waals surface area contributed by atoms with Crippen LogP contribution in [0.3, 0.4) is 0 Å². The van der Waals surface area contributed by atoms with Gasteiger partial charge in [0.25, 0.3) is 0 Å². The van der Waals surface area contributed by atoms with Crippen LogP contribution in [0.5, 0.6) is 0 Å². The van der Waals surface area contributed by atoms with Gasteiger partial charge in [0.15, 0.2) is 0 Å². The number of benzene rings is 2. The molecule has 2 aromatic carbocycles. The van der Waals surface area contributed by atoms with Gasteiger partial charge in [-0.15, -0.1) is 0 Å². The average Bonchev–Trinajstić information content (AvgIpc) is 2.96. The monoisotopic (exact) mass is 624 g/mol. The summed E-state index contributed by atoms with van der Waals surface area (Å²) >= 11 is 0. The molecule has 0 heterocycles. The molecule has 0 N–H and O–H groups in total. The minimum absolute atomic E-state index is 0.0159. The van der Waals surface area contributed by atoms with Crippen molar-refractivity contribution < 1.29 is 45.3 Å². The fraction of sp³-hybridized carbons (Fsp3) is 0.500. The van der Waals surface area contributed by atoms with Gasteiger partial charge in [-0.25, -0.2) is 0 Å². The minimum atomic E-state index is -5.86. The number of esters is 1. The molecule has 0 amide bonds. The second-order valence-corrected chi connectivity index (χ2v) is 10.4. The van der Waals surface area contributed by atoms with Gasteiger partial charge >= 0.3 is 23.9 Å². The van der Waals surface area contributed by atoms with E-state index in [2.05, 4.69) is 38.0 Å². The number of alkyl halides is 6. The number of hydrogen-bond donors (Lipinski definition) is 0. The van der Waals surface area contributed by atoms with Gasteiger partial charge in [-0.05, 0) is 79.8 Å². The van der Waals surface area contributed by atoms with Crippen LogP contribution in [0.2, 0.25) is 0 Å². The van der Waals surface area contributed by atoms with Gasteiger partial charge in [-0.3, -0.25) is 4.79 Å². The predicted molar refractivity (Wildman–Crippen MR) is 156 cm³/mol. The zero-order valence-electron chi connectivity index (χ0n) is 25.8. The lowest BCUT2D eigenvalue weighted by atomic mass is 9.69. The molecule has 240 valence electrons. The van der Waals surface area contributed by atoms with Gasteiger partial charge in [0.2, 0.25) is 0 Å². The van der Waals surface area contributed by atoms with E-state index in [0.29, 0.717) is 37.7 Å². The molecule has 0 aliphatic heterocycles. The van der Waals surface area contributed by atoms with Gasteiger partial charge in [0.05, 0.1) is 7.11 Å². The first-order chi connectivity index (χ1) is 20.6. The van der Waals surface area contributed by atoms with Crippen LogP contribution in [0.4, 0.5) is 26.3 Å². The van der Waals surface area contributed by atoms with Crippen molar-refractivity contribution in [1.29, 1.82) is 0 Å². The Morgan fingerprint density at radius 3 is 1.75 bits per heavy atom. The molecule has 4 nitrogen and oxygen atoms in total. The maximum Gasteiger partial charge on any atom is 0.438 e. The standard InChI is InChI=1S/C34H38F6O4/c1-7-31(8-2,28-17-15-26(24(3)21-28)13-11-9-10-12-14-30(41)43-6)29-18-16-27(25(4)22-29)19-20-32(33(35,36)37,34(38,39)40)44-23-42-5/h15-18,21-22H,7-10,12,14,23H2,1-6H3. The lowest BCUT2D eigenvalue weighted by Gasteiger charge is -2.34. The van der Waals surface area contributed by atoms with E-state index in [0.717, 1.165) is 35.8 Å². The summed E-state index contributed by atoms with van der Waals surface area (Å²) in [6.07, 6.45) is -7.85. The topological polar surface area (TPSA) is 44.8 Å². The fourth-order valence-electron chi connectivity index (χ4n) is 4.98. The van der Waals surface area contributed by atoms with Crippen molar-refractivity contribution in [3.05, 3.63) is 69.8 Å². The maximum atomic E-state index is 13.7. The molecule has 0 radical (unpaired) electrons. The Hall–Kier alpha value is -3.47. The Kier molecular flexibility index (Phi) is 12.9. The summed E-state index contributed by atoms with van der Waals surface area (Å²) in [5.74, 6) is 9.51. The second-order valence-electron chi connectivity index (χ2n) is 10.4. The smallest absolute Gasteiger partial charge is 0.438 e. The molecule has 44 heavy (non-hydrogen) atoms. The summed E-state index contributed by atoms with van der Waals surface area (Å²) in [6, 6.07) is 10.9. The van der Waals surface area contributed by atoms with Crippen molar-refractivity contribution >= 4 is 5.97 Å². The van der Waals surface area contributed by atoms with Gasteiger partial charge in [0.1, 0.15) is 6.79 Å². The Bertz CT molecular complexity index is 1390. The lowest BCUT2D eigenvalue weighted by Crippen LogP contribution is -2.58. The van der Waals surface area contributed by atoms with Crippen LogP contribution in [0.15, 0.2) is 36.4 Å². The van der Waals surface area contributed by atoms with E-state index in [1.165, 1.54) is 19.1 Å². The third kappa shape index (κ3) is 8.37. The fourth-order valence-corrected chi connectivity index (χ4v) is 4.98. The molecule has 2 aromatic rings. The van der Waals surface area contributed by atoms with E-state index >= 15 is 0 Å². The number of methoxy groups -OCH3 is 2. The number of unbranched alkanes of at least 4 members (excludes halogenated alkanes) is 2. The summed E-state index contributed by atoms with van der Waals surface area (Å²) in [5, 5.41) is 0. The van der Waals surface area contributed by atoms with Crippen molar-refractivity contribution in [2.45, 2.75) is 89.6 Å². The van der Waals surface area contributed by atoms with E-state index in [1.54, 1.807) is 19.1 Å². The van der Waals surface area contributed by atoms with Gasteiger partial charge < -0.3 is 14.2 Å². The molecular weight excluding hydrogens is 586 g/mol. The van der Waals surface area contributed by atoms with Crippen LogP contribution in [0, 0.1) is 37.5 Å². The summed E-state index contributed by atoms with van der Waals surface area (Å²) in [5.41, 5.74) is -1.00. The highest BCUT2D eigenvalue weighted by molar-refractivity contribution is 5.69. The summed E-state index contributed by atoms with van der Waals surface area (Å²) in [7, 11) is 2.28. The Morgan fingerprint density at radius 2 is 1.32 bits per heavy atom. The minimum Gasteiger partial charge on any atom is -0.469 e. The van der Waals surface area contributed by atoms with E-state index in [4.69, 9.17) is 0 Å². The third-order valence-electron chi connectivity index (χ3n) is 7.71. The van der Waals surface area contributed by atoms with Crippen LogP contribution >= 0.6 is 0 Å². The number of hydrogen-bond acceptors (Lipinski definition) is 4. The Morgan fingerprint density at radius 1 is 0.795 bits per heavy atom. The number of halogens is 6. The lowest BCUT2D eigenvalue weighted by molar-refractivity contribution is -0.368. The average molecular weight is 625 g/mol. The molecule has 0 saturated heterocycles. The SMILES string of the molecule is CCC(CC)(c1ccc(C#CCCCCC(=O)OC)c(C)c1)c1ccc(C#CC(OCOC)(C(F)(F)F)C(F)(F)F)c(C)c1. The molecule has 0 bridgehead atoms. The first-order valence-electron chi connectivity index (χ1n) is 14.2.